The Bertz CT molecular complexity index is 692. The van der Waals surface area contributed by atoms with Gasteiger partial charge in [0.05, 0.1) is 12.7 Å². The summed E-state index contributed by atoms with van der Waals surface area (Å²) in [5.41, 5.74) is 0.515. The lowest BCUT2D eigenvalue weighted by Crippen LogP contribution is -1.94. The molecule has 96 valence electrons. The van der Waals surface area contributed by atoms with E-state index in [1.165, 1.54) is 13.2 Å². The Morgan fingerprint density at radius 1 is 1.37 bits per heavy atom. The van der Waals surface area contributed by atoms with Crippen molar-refractivity contribution in [3.63, 3.8) is 0 Å². The van der Waals surface area contributed by atoms with Crippen molar-refractivity contribution >= 4 is 0 Å². The van der Waals surface area contributed by atoms with Crippen LogP contribution in [-0.4, -0.2) is 31.8 Å². The molecule has 19 heavy (non-hydrogen) atoms. The van der Waals surface area contributed by atoms with Crippen LogP contribution < -0.4 is 4.74 Å². The average molecular weight is 259 g/mol. The van der Waals surface area contributed by atoms with Crippen molar-refractivity contribution in [3.8, 4) is 23.1 Å². The molecule has 2 aromatic heterocycles. The summed E-state index contributed by atoms with van der Waals surface area (Å²) in [5, 5.41) is 6.80. The van der Waals surface area contributed by atoms with Gasteiger partial charge in [0.15, 0.2) is 17.4 Å². The first-order valence-corrected chi connectivity index (χ1v) is 5.53. The Kier molecular flexibility index (Phi) is 2.71. The zero-order chi connectivity index (χ0) is 13.2. The quantitative estimate of drug-likeness (QED) is 0.778. The van der Waals surface area contributed by atoms with E-state index in [1.807, 2.05) is 0 Å². The SMILES string of the molecule is COc1c(F)cccc1-c1nc(-n2ccnc2)n[nH]1. The highest BCUT2D eigenvalue weighted by Crippen LogP contribution is 2.29. The van der Waals surface area contributed by atoms with Crippen molar-refractivity contribution in [2.45, 2.75) is 0 Å². The van der Waals surface area contributed by atoms with Gasteiger partial charge in [-0.15, -0.1) is 5.10 Å². The first-order valence-electron chi connectivity index (χ1n) is 5.53. The van der Waals surface area contributed by atoms with Crippen molar-refractivity contribution < 1.29 is 9.13 Å². The zero-order valence-electron chi connectivity index (χ0n) is 10.0. The van der Waals surface area contributed by atoms with E-state index in [0.29, 0.717) is 17.3 Å². The number of rotatable bonds is 3. The molecule has 0 bridgehead atoms. The van der Waals surface area contributed by atoms with Crippen LogP contribution in [0.4, 0.5) is 4.39 Å². The molecule has 0 aliphatic rings. The predicted molar refractivity (Wildman–Crippen MR) is 65.5 cm³/mol. The largest absolute Gasteiger partial charge is 0.493 e. The molecule has 7 heteroatoms. The Balaban J connectivity index is 2.06. The minimum Gasteiger partial charge on any atom is -0.493 e. The molecular formula is C12H10FN5O. The molecule has 1 aromatic carbocycles. The summed E-state index contributed by atoms with van der Waals surface area (Å²) in [5.74, 6) is 0.551. The van der Waals surface area contributed by atoms with Crippen LogP contribution in [0, 0.1) is 5.82 Å². The van der Waals surface area contributed by atoms with Gasteiger partial charge in [-0.05, 0) is 12.1 Å². The van der Waals surface area contributed by atoms with Crippen molar-refractivity contribution in [1.29, 1.82) is 0 Å². The minimum atomic E-state index is -0.444. The Hall–Kier alpha value is -2.70. The summed E-state index contributed by atoms with van der Waals surface area (Å²) in [6.07, 6.45) is 4.92. The number of hydrogen-bond acceptors (Lipinski definition) is 4. The zero-order valence-corrected chi connectivity index (χ0v) is 10.0. The van der Waals surface area contributed by atoms with Crippen LogP contribution in [0.2, 0.25) is 0 Å². The Morgan fingerprint density at radius 3 is 3.00 bits per heavy atom. The highest BCUT2D eigenvalue weighted by molar-refractivity contribution is 5.64. The number of nitrogens with zero attached hydrogens (tertiary/aromatic N) is 4. The first-order chi connectivity index (χ1) is 9.29. The fourth-order valence-electron chi connectivity index (χ4n) is 1.77. The summed E-state index contributed by atoms with van der Waals surface area (Å²) in [7, 11) is 1.41. The van der Waals surface area contributed by atoms with Crippen LogP contribution >= 0.6 is 0 Å². The molecule has 2 heterocycles. The fraction of sp³-hybridized carbons (Fsp3) is 0.0833. The summed E-state index contributed by atoms with van der Waals surface area (Å²) in [6.45, 7) is 0. The molecule has 3 aromatic rings. The van der Waals surface area contributed by atoms with Gasteiger partial charge in [-0.2, -0.15) is 4.98 Å². The van der Waals surface area contributed by atoms with Crippen molar-refractivity contribution in [2.75, 3.05) is 7.11 Å². The second kappa shape index (κ2) is 4.52. The smallest absolute Gasteiger partial charge is 0.254 e. The van der Waals surface area contributed by atoms with E-state index in [2.05, 4.69) is 20.2 Å². The predicted octanol–water partition coefficient (Wildman–Crippen LogP) is 1.81. The molecule has 0 fully saturated rings. The van der Waals surface area contributed by atoms with Gasteiger partial charge in [-0.3, -0.25) is 9.67 Å². The lowest BCUT2D eigenvalue weighted by Gasteiger charge is -2.05. The van der Waals surface area contributed by atoms with Gasteiger partial charge in [-0.1, -0.05) is 6.07 Å². The minimum absolute atomic E-state index is 0.135. The maximum Gasteiger partial charge on any atom is 0.254 e. The molecule has 0 amide bonds. The highest BCUT2D eigenvalue weighted by atomic mass is 19.1. The number of hydrogen-bond donors (Lipinski definition) is 1. The number of aromatic nitrogens is 5. The Labute approximate surface area is 107 Å². The molecule has 0 aliphatic carbocycles. The molecule has 3 rings (SSSR count). The van der Waals surface area contributed by atoms with Crippen LogP contribution in [0.15, 0.2) is 36.9 Å². The number of ether oxygens (including phenoxy) is 1. The second-order valence-electron chi connectivity index (χ2n) is 3.77. The molecule has 0 radical (unpaired) electrons. The second-order valence-corrected chi connectivity index (χ2v) is 3.77. The van der Waals surface area contributed by atoms with Gasteiger partial charge in [-0.25, -0.2) is 9.37 Å². The molecule has 0 atom stereocenters. The van der Waals surface area contributed by atoms with E-state index < -0.39 is 5.82 Å². The highest BCUT2D eigenvalue weighted by Gasteiger charge is 2.14. The number of benzene rings is 1. The number of imidazole rings is 1. The molecule has 0 saturated heterocycles. The fourth-order valence-corrected chi connectivity index (χ4v) is 1.77. The number of methoxy groups -OCH3 is 1. The van der Waals surface area contributed by atoms with E-state index in [9.17, 15) is 4.39 Å². The summed E-state index contributed by atoms with van der Waals surface area (Å²) < 4.78 is 20.3. The topological polar surface area (TPSA) is 68.6 Å². The molecule has 0 spiro atoms. The maximum atomic E-state index is 13.6. The van der Waals surface area contributed by atoms with Gasteiger partial charge >= 0.3 is 0 Å². The number of nitrogens with one attached hydrogen (secondary N) is 1. The van der Waals surface area contributed by atoms with E-state index in [-0.39, 0.29) is 5.75 Å². The molecule has 0 saturated carbocycles. The standard InChI is InChI=1S/C12H10FN5O/c1-19-10-8(3-2-4-9(10)13)11-15-12(17-16-11)18-6-5-14-7-18/h2-7H,1H3,(H,15,16,17). The van der Waals surface area contributed by atoms with Gasteiger partial charge in [0, 0.05) is 12.4 Å². The molecule has 1 N–H and O–H groups in total. The van der Waals surface area contributed by atoms with Gasteiger partial charge in [0.25, 0.3) is 5.95 Å². The number of aromatic amines is 1. The third kappa shape index (κ3) is 1.95. The lowest BCUT2D eigenvalue weighted by atomic mass is 10.2. The van der Waals surface area contributed by atoms with Gasteiger partial charge < -0.3 is 4.74 Å². The van der Waals surface area contributed by atoms with Crippen molar-refractivity contribution in [3.05, 3.63) is 42.7 Å². The monoisotopic (exact) mass is 259 g/mol. The average Bonchev–Trinajstić information content (AvgIpc) is 3.09. The molecule has 0 aliphatic heterocycles. The molecular weight excluding hydrogens is 249 g/mol. The van der Waals surface area contributed by atoms with E-state index in [4.69, 9.17) is 4.74 Å². The summed E-state index contributed by atoms with van der Waals surface area (Å²) in [6, 6.07) is 4.63. The molecule has 0 unspecified atom stereocenters. The number of para-hydroxylation sites is 1. The van der Waals surface area contributed by atoms with E-state index in [1.54, 1.807) is 35.4 Å². The summed E-state index contributed by atoms with van der Waals surface area (Å²) >= 11 is 0. The van der Waals surface area contributed by atoms with Crippen LogP contribution in [0.5, 0.6) is 5.75 Å². The third-order valence-corrected chi connectivity index (χ3v) is 2.64. The number of halogens is 1. The van der Waals surface area contributed by atoms with Crippen LogP contribution in [0.1, 0.15) is 0 Å². The van der Waals surface area contributed by atoms with Crippen molar-refractivity contribution in [1.82, 2.24) is 24.7 Å². The van der Waals surface area contributed by atoms with E-state index in [0.717, 1.165) is 0 Å². The summed E-state index contributed by atoms with van der Waals surface area (Å²) in [4.78, 5) is 8.20. The van der Waals surface area contributed by atoms with E-state index >= 15 is 0 Å². The van der Waals surface area contributed by atoms with Gasteiger partial charge in [0.1, 0.15) is 6.33 Å². The van der Waals surface area contributed by atoms with Crippen LogP contribution in [0.25, 0.3) is 17.3 Å². The van der Waals surface area contributed by atoms with Crippen LogP contribution in [0.3, 0.4) is 0 Å². The first kappa shape index (κ1) is 11.4. The van der Waals surface area contributed by atoms with Gasteiger partial charge in [0.2, 0.25) is 0 Å². The number of H-pyrrole nitrogens is 1. The maximum absolute atomic E-state index is 13.6. The van der Waals surface area contributed by atoms with Crippen LogP contribution in [-0.2, 0) is 0 Å². The normalized spacial score (nSPS) is 10.6. The third-order valence-electron chi connectivity index (χ3n) is 2.64. The lowest BCUT2D eigenvalue weighted by molar-refractivity contribution is 0.388. The van der Waals surface area contributed by atoms with Crippen molar-refractivity contribution in [2.24, 2.45) is 0 Å². The Morgan fingerprint density at radius 2 is 2.26 bits per heavy atom. The molecule has 6 nitrogen and oxygen atoms in total.